The van der Waals surface area contributed by atoms with Crippen LogP contribution in [0.4, 0.5) is 11.4 Å². The summed E-state index contributed by atoms with van der Waals surface area (Å²) in [4.78, 5) is 42.2. The summed E-state index contributed by atoms with van der Waals surface area (Å²) in [6.07, 6.45) is 0. The van der Waals surface area contributed by atoms with Crippen molar-refractivity contribution in [3.05, 3.63) is 56.1 Å². The third kappa shape index (κ3) is 3.45. The first-order chi connectivity index (χ1) is 9.22. The summed E-state index contributed by atoms with van der Waals surface area (Å²) in [5, 5.41) is 21.3. The maximum Gasteiger partial charge on any atom is 0.346 e. The van der Waals surface area contributed by atoms with E-state index in [1.807, 2.05) is 0 Å². The highest BCUT2D eigenvalue weighted by Gasteiger charge is 2.22. The number of carbonyl (C=O) groups is 2. The lowest BCUT2D eigenvalue weighted by atomic mass is 10.2. The van der Waals surface area contributed by atoms with Crippen molar-refractivity contribution in [2.24, 2.45) is 0 Å². The molecule has 1 aromatic rings. The van der Waals surface area contributed by atoms with E-state index in [1.54, 1.807) is 0 Å². The maximum atomic E-state index is 11.6. The Kier molecular flexibility index (Phi) is 4.26. The second kappa shape index (κ2) is 5.69. The Balaban J connectivity index is 3.20. The molecule has 9 nitrogen and oxygen atoms in total. The fourth-order valence-corrected chi connectivity index (χ4v) is 1.15. The van der Waals surface area contributed by atoms with Crippen LogP contribution in [0, 0.1) is 20.2 Å². The molecule has 0 aliphatic carbocycles. The standard InChI is InChI=1S/C11H8N2O7/c1-6(2)10(14)20-11(15)7-3-8(12(16)17)5-9(4-7)13(18)19/h3-5H,1H2,2H3. The van der Waals surface area contributed by atoms with Gasteiger partial charge in [0.2, 0.25) is 0 Å². The molecule has 1 aromatic carbocycles. The molecule has 1 rings (SSSR count). The van der Waals surface area contributed by atoms with Crippen LogP contribution in [0.3, 0.4) is 0 Å². The van der Waals surface area contributed by atoms with E-state index in [1.165, 1.54) is 6.92 Å². The van der Waals surface area contributed by atoms with E-state index < -0.39 is 38.7 Å². The van der Waals surface area contributed by atoms with Gasteiger partial charge in [0.15, 0.2) is 0 Å². The molecular weight excluding hydrogens is 272 g/mol. The fourth-order valence-electron chi connectivity index (χ4n) is 1.15. The number of non-ortho nitro benzene ring substituents is 2. The molecule has 0 unspecified atom stereocenters. The van der Waals surface area contributed by atoms with Crippen LogP contribution in [0.15, 0.2) is 30.4 Å². The molecule has 0 amide bonds. The van der Waals surface area contributed by atoms with E-state index in [9.17, 15) is 29.8 Å². The number of hydrogen-bond acceptors (Lipinski definition) is 7. The molecule has 0 radical (unpaired) electrons. The van der Waals surface area contributed by atoms with E-state index in [0.717, 1.165) is 12.1 Å². The zero-order valence-corrected chi connectivity index (χ0v) is 10.2. The number of nitrogens with zero attached hydrogens (tertiary/aromatic N) is 2. The summed E-state index contributed by atoms with van der Waals surface area (Å²) in [5.74, 6) is -2.26. The first-order valence-electron chi connectivity index (χ1n) is 5.08. The molecule has 0 fully saturated rings. The highest BCUT2D eigenvalue weighted by Crippen LogP contribution is 2.23. The summed E-state index contributed by atoms with van der Waals surface area (Å²) in [5.41, 5.74) is -1.85. The number of rotatable bonds is 4. The number of hydrogen-bond donors (Lipinski definition) is 0. The monoisotopic (exact) mass is 280 g/mol. The Labute approximate surface area is 111 Å². The van der Waals surface area contributed by atoms with Gasteiger partial charge in [-0.05, 0) is 6.92 Å². The predicted octanol–water partition coefficient (Wildman–Crippen LogP) is 1.76. The molecule has 0 N–H and O–H groups in total. The lowest BCUT2D eigenvalue weighted by Gasteiger charge is -2.02. The van der Waals surface area contributed by atoms with Crippen LogP contribution in [0.25, 0.3) is 0 Å². The molecule has 0 aliphatic rings. The van der Waals surface area contributed by atoms with Crippen LogP contribution in [0.5, 0.6) is 0 Å². The highest BCUT2D eigenvalue weighted by atomic mass is 16.6. The first-order valence-corrected chi connectivity index (χ1v) is 5.08. The normalized spacial score (nSPS) is 9.65. The summed E-state index contributed by atoms with van der Waals surface area (Å²) in [7, 11) is 0. The number of esters is 2. The minimum absolute atomic E-state index is 0.0571. The highest BCUT2D eigenvalue weighted by molar-refractivity contribution is 6.02. The quantitative estimate of drug-likeness (QED) is 0.270. The van der Waals surface area contributed by atoms with Crippen molar-refractivity contribution < 1.29 is 24.2 Å². The molecule has 0 saturated carbocycles. The largest absolute Gasteiger partial charge is 0.386 e. The van der Waals surface area contributed by atoms with Crippen LogP contribution < -0.4 is 0 Å². The molecule has 20 heavy (non-hydrogen) atoms. The van der Waals surface area contributed by atoms with E-state index in [-0.39, 0.29) is 5.57 Å². The van der Waals surface area contributed by atoms with Gasteiger partial charge >= 0.3 is 11.9 Å². The Morgan fingerprint density at radius 3 is 1.90 bits per heavy atom. The Bertz CT molecular complexity index is 603. The Morgan fingerprint density at radius 2 is 1.55 bits per heavy atom. The van der Waals surface area contributed by atoms with Crippen LogP contribution in [-0.4, -0.2) is 21.8 Å². The summed E-state index contributed by atoms with van der Waals surface area (Å²) >= 11 is 0. The minimum atomic E-state index is -1.23. The predicted molar refractivity (Wildman–Crippen MR) is 65.0 cm³/mol. The van der Waals surface area contributed by atoms with Crippen molar-refractivity contribution in [2.45, 2.75) is 6.92 Å². The van der Waals surface area contributed by atoms with Crippen molar-refractivity contribution >= 4 is 23.3 Å². The lowest BCUT2D eigenvalue weighted by molar-refractivity contribution is -0.394. The van der Waals surface area contributed by atoms with Gasteiger partial charge in [0, 0.05) is 17.7 Å². The number of carbonyl (C=O) groups excluding carboxylic acids is 2. The van der Waals surface area contributed by atoms with E-state index >= 15 is 0 Å². The number of nitro benzene ring substituents is 2. The molecule has 0 aromatic heterocycles. The zero-order chi connectivity index (χ0) is 15.4. The molecule has 9 heteroatoms. The second-order valence-corrected chi connectivity index (χ2v) is 3.71. The summed E-state index contributed by atoms with van der Waals surface area (Å²) in [6, 6.07) is 2.25. The van der Waals surface area contributed by atoms with Crippen molar-refractivity contribution in [3.8, 4) is 0 Å². The average molecular weight is 280 g/mol. The number of nitro groups is 2. The van der Waals surface area contributed by atoms with Gasteiger partial charge in [0.1, 0.15) is 0 Å². The van der Waals surface area contributed by atoms with E-state index in [0.29, 0.717) is 6.07 Å². The van der Waals surface area contributed by atoms with E-state index in [2.05, 4.69) is 11.3 Å². The van der Waals surface area contributed by atoms with Gasteiger partial charge in [-0.3, -0.25) is 20.2 Å². The Hall–Kier alpha value is -3.10. The number of benzene rings is 1. The lowest BCUT2D eigenvalue weighted by Crippen LogP contribution is -2.13. The maximum absolute atomic E-state index is 11.6. The second-order valence-electron chi connectivity index (χ2n) is 3.71. The first kappa shape index (κ1) is 15.0. The van der Waals surface area contributed by atoms with Crippen molar-refractivity contribution in [1.29, 1.82) is 0 Å². The van der Waals surface area contributed by atoms with Gasteiger partial charge in [-0.25, -0.2) is 9.59 Å². The summed E-state index contributed by atoms with van der Waals surface area (Å²) in [6.45, 7) is 4.55. The topological polar surface area (TPSA) is 130 Å². The van der Waals surface area contributed by atoms with Gasteiger partial charge in [0.25, 0.3) is 11.4 Å². The molecule has 104 valence electrons. The van der Waals surface area contributed by atoms with Gasteiger partial charge in [0.05, 0.1) is 21.5 Å². The molecule has 0 heterocycles. The molecular formula is C11H8N2O7. The van der Waals surface area contributed by atoms with Crippen molar-refractivity contribution in [3.63, 3.8) is 0 Å². The van der Waals surface area contributed by atoms with Crippen LogP contribution in [0.1, 0.15) is 17.3 Å². The van der Waals surface area contributed by atoms with Crippen LogP contribution >= 0.6 is 0 Å². The van der Waals surface area contributed by atoms with Gasteiger partial charge < -0.3 is 4.74 Å². The van der Waals surface area contributed by atoms with Crippen LogP contribution in [-0.2, 0) is 9.53 Å². The third-order valence-electron chi connectivity index (χ3n) is 2.09. The molecule has 0 aliphatic heterocycles. The van der Waals surface area contributed by atoms with E-state index in [4.69, 9.17) is 0 Å². The summed E-state index contributed by atoms with van der Waals surface area (Å²) < 4.78 is 4.34. The van der Waals surface area contributed by atoms with Gasteiger partial charge in [-0.1, -0.05) is 6.58 Å². The SMILES string of the molecule is C=C(C)C(=O)OC(=O)c1cc([N+](=O)[O-])cc([N+](=O)[O-])c1. The molecule has 0 saturated heterocycles. The van der Waals surface area contributed by atoms with Crippen LogP contribution in [0.2, 0.25) is 0 Å². The smallest absolute Gasteiger partial charge is 0.346 e. The average Bonchev–Trinajstić information content (AvgIpc) is 2.37. The van der Waals surface area contributed by atoms with Gasteiger partial charge in [-0.15, -0.1) is 0 Å². The van der Waals surface area contributed by atoms with Crippen molar-refractivity contribution in [2.75, 3.05) is 0 Å². The third-order valence-corrected chi connectivity index (χ3v) is 2.09. The number of ether oxygens (including phenoxy) is 1. The fraction of sp³-hybridized carbons (Fsp3) is 0.0909. The van der Waals surface area contributed by atoms with Crippen molar-refractivity contribution in [1.82, 2.24) is 0 Å². The molecule has 0 spiro atoms. The molecule has 0 bridgehead atoms. The minimum Gasteiger partial charge on any atom is -0.386 e. The molecule has 0 atom stereocenters. The zero-order valence-electron chi connectivity index (χ0n) is 10.2. The van der Waals surface area contributed by atoms with Gasteiger partial charge in [-0.2, -0.15) is 0 Å². The Morgan fingerprint density at radius 1 is 1.10 bits per heavy atom.